The van der Waals surface area contributed by atoms with E-state index in [-0.39, 0.29) is 34.9 Å². The number of aromatic hydroxyl groups is 1. The Balaban J connectivity index is 0.00000242. The predicted octanol–water partition coefficient (Wildman–Crippen LogP) is 0.788. The molecule has 114 valence electrons. The first-order chi connectivity index (χ1) is 9.57. The van der Waals surface area contributed by atoms with E-state index in [9.17, 15) is 26.8 Å². The standard InChI is InChI=1S/C10H7NO8S2.Na.H/c12-6-4-8(21(17,18)19)9-5(10(6)11-13)2-1-3-7(9)20(14,15)16;;/h1-4,12H,(H,14,15,16)(H,17,18,19);;. The van der Waals surface area contributed by atoms with Crippen molar-refractivity contribution in [3.8, 4) is 5.75 Å². The Kier molecular flexibility index (Phi) is 5.34. The molecule has 2 aromatic rings. The van der Waals surface area contributed by atoms with Gasteiger partial charge in [0.1, 0.15) is 15.5 Å². The number of fused-ring (bicyclic) bond motifs is 1. The molecule has 0 spiro atoms. The molecular weight excluding hydrogens is 349 g/mol. The molecule has 0 heterocycles. The van der Waals surface area contributed by atoms with E-state index in [2.05, 4.69) is 5.18 Å². The molecule has 0 aliphatic heterocycles. The van der Waals surface area contributed by atoms with E-state index < -0.39 is 46.9 Å². The van der Waals surface area contributed by atoms with Crippen LogP contribution in [0.2, 0.25) is 0 Å². The number of nitrogens with zero attached hydrogens (tertiary/aromatic N) is 1. The maximum atomic E-state index is 11.3. The summed E-state index contributed by atoms with van der Waals surface area (Å²) in [6.45, 7) is 0. The van der Waals surface area contributed by atoms with E-state index >= 15 is 0 Å². The zero-order chi connectivity index (χ0) is 16.0. The first-order valence-electron chi connectivity index (χ1n) is 5.14. The molecule has 0 aromatic heterocycles. The monoisotopic (exact) mass is 357 g/mol. The molecule has 0 unspecified atom stereocenters. The molecule has 0 atom stereocenters. The minimum atomic E-state index is -4.94. The first kappa shape index (κ1) is 19.0. The van der Waals surface area contributed by atoms with Crippen molar-refractivity contribution in [1.82, 2.24) is 0 Å². The molecule has 2 aromatic carbocycles. The van der Waals surface area contributed by atoms with Gasteiger partial charge in [-0.3, -0.25) is 9.11 Å². The van der Waals surface area contributed by atoms with Crippen LogP contribution < -0.4 is 0 Å². The van der Waals surface area contributed by atoms with Gasteiger partial charge in [0.2, 0.25) is 0 Å². The Morgan fingerprint density at radius 3 is 1.95 bits per heavy atom. The Labute approximate surface area is 146 Å². The Bertz CT molecular complexity index is 968. The van der Waals surface area contributed by atoms with Gasteiger partial charge < -0.3 is 5.11 Å². The summed E-state index contributed by atoms with van der Waals surface area (Å²) in [5.41, 5.74) is -0.622. The molecule has 0 saturated carbocycles. The van der Waals surface area contributed by atoms with Crippen molar-refractivity contribution in [2.45, 2.75) is 9.79 Å². The van der Waals surface area contributed by atoms with E-state index in [1.165, 1.54) is 0 Å². The van der Waals surface area contributed by atoms with Crippen molar-refractivity contribution >= 4 is 66.3 Å². The van der Waals surface area contributed by atoms with Gasteiger partial charge in [0.15, 0.2) is 5.69 Å². The fourth-order valence-electron chi connectivity index (χ4n) is 1.90. The average Bonchev–Trinajstić information content (AvgIpc) is 2.34. The third-order valence-electron chi connectivity index (χ3n) is 2.69. The van der Waals surface area contributed by atoms with E-state index in [1.54, 1.807) is 0 Å². The van der Waals surface area contributed by atoms with Gasteiger partial charge in [-0.2, -0.15) is 16.8 Å². The number of phenols is 1. The molecule has 3 N–H and O–H groups in total. The molecule has 0 bridgehead atoms. The van der Waals surface area contributed by atoms with Crippen molar-refractivity contribution < 1.29 is 31.0 Å². The summed E-state index contributed by atoms with van der Waals surface area (Å²) in [6.07, 6.45) is 0. The molecule has 2 rings (SSSR count). The van der Waals surface area contributed by atoms with Crippen molar-refractivity contribution in [3.63, 3.8) is 0 Å². The van der Waals surface area contributed by atoms with Crippen LogP contribution in [0.3, 0.4) is 0 Å². The third kappa shape index (κ3) is 3.30. The summed E-state index contributed by atoms with van der Waals surface area (Å²) in [6, 6.07) is 3.56. The summed E-state index contributed by atoms with van der Waals surface area (Å²) in [5.74, 6) is -0.863. The quantitative estimate of drug-likeness (QED) is 0.413. The van der Waals surface area contributed by atoms with Crippen molar-refractivity contribution in [2.24, 2.45) is 5.18 Å². The van der Waals surface area contributed by atoms with E-state index in [1.807, 2.05) is 0 Å². The average molecular weight is 357 g/mol. The summed E-state index contributed by atoms with van der Waals surface area (Å²) in [7, 11) is -9.79. The van der Waals surface area contributed by atoms with Gasteiger partial charge in [-0.05, 0) is 11.2 Å². The molecule has 0 fully saturated rings. The first-order valence-corrected chi connectivity index (χ1v) is 8.02. The summed E-state index contributed by atoms with van der Waals surface area (Å²) < 4.78 is 63.6. The van der Waals surface area contributed by atoms with Gasteiger partial charge in [0, 0.05) is 16.8 Å². The molecule has 9 nitrogen and oxygen atoms in total. The summed E-state index contributed by atoms with van der Waals surface area (Å²) in [5, 5.41) is 11.1. The minimum absolute atomic E-state index is 0. The number of phenolic OH excluding ortho intramolecular Hbond substituents is 1. The maximum absolute atomic E-state index is 11.3. The second-order valence-electron chi connectivity index (χ2n) is 3.96. The van der Waals surface area contributed by atoms with Crippen LogP contribution in [-0.2, 0) is 20.2 Å². The van der Waals surface area contributed by atoms with E-state index in [0.29, 0.717) is 6.07 Å². The van der Waals surface area contributed by atoms with Gasteiger partial charge in [-0.1, -0.05) is 12.1 Å². The second-order valence-corrected chi connectivity index (χ2v) is 6.74. The van der Waals surface area contributed by atoms with Crippen LogP contribution in [0.15, 0.2) is 39.2 Å². The molecule has 12 heteroatoms. The van der Waals surface area contributed by atoms with Gasteiger partial charge >= 0.3 is 29.6 Å². The van der Waals surface area contributed by atoms with Crippen LogP contribution in [0.1, 0.15) is 0 Å². The Hall–Kier alpha value is -1.08. The van der Waals surface area contributed by atoms with Crippen LogP contribution in [-0.4, -0.2) is 60.6 Å². The molecular formula is C10H8NNaO8S2. The topological polar surface area (TPSA) is 158 Å². The van der Waals surface area contributed by atoms with Crippen LogP contribution in [0.5, 0.6) is 5.75 Å². The van der Waals surface area contributed by atoms with Crippen LogP contribution in [0.4, 0.5) is 5.69 Å². The molecule has 22 heavy (non-hydrogen) atoms. The van der Waals surface area contributed by atoms with Crippen molar-refractivity contribution in [3.05, 3.63) is 29.2 Å². The fraction of sp³-hybridized carbons (Fsp3) is 0. The molecule has 0 saturated heterocycles. The zero-order valence-corrected chi connectivity index (χ0v) is 11.6. The van der Waals surface area contributed by atoms with Gasteiger partial charge in [-0.15, -0.1) is 4.91 Å². The van der Waals surface area contributed by atoms with Crippen LogP contribution in [0, 0.1) is 4.91 Å². The van der Waals surface area contributed by atoms with Gasteiger partial charge in [0.05, 0.1) is 0 Å². The van der Waals surface area contributed by atoms with Gasteiger partial charge in [-0.25, -0.2) is 0 Å². The van der Waals surface area contributed by atoms with Crippen molar-refractivity contribution in [2.75, 3.05) is 0 Å². The summed E-state index contributed by atoms with van der Waals surface area (Å²) in [4.78, 5) is 8.90. The molecule has 0 aliphatic rings. The number of nitroso groups, excluding NO2 is 1. The Morgan fingerprint density at radius 2 is 1.50 bits per heavy atom. The molecule has 0 radical (unpaired) electrons. The van der Waals surface area contributed by atoms with E-state index in [4.69, 9.17) is 9.11 Å². The zero-order valence-electron chi connectivity index (χ0n) is 9.96. The fourth-order valence-corrected chi connectivity index (χ4v) is 3.43. The third-order valence-corrected chi connectivity index (χ3v) is 4.46. The second kappa shape index (κ2) is 6.20. The molecule has 0 amide bonds. The van der Waals surface area contributed by atoms with E-state index in [0.717, 1.165) is 18.2 Å². The predicted molar refractivity (Wildman–Crippen MR) is 77.8 cm³/mol. The number of hydrogen-bond acceptors (Lipinski definition) is 7. The number of rotatable bonds is 3. The summed E-state index contributed by atoms with van der Waals surface area (Å²) >= 11 is 0. The number of benzene rings is 2. The van der Waals surface area contributed by atoms with Crippen LogP contribution >= 0.6 is 0 Å². The Morgan fingerprint density at radius 1 is 0.955 bits per heavy atom. The number of hydrogen-bond donors (Lipinski definition) is 3. The normalized spacial score (nSPS) is 11.9. The van der Waals surface area contributed by atoms with Crippen LogP contribution in [0.25, 0.3) is 10.8 Å². The molecule has 0 aliphatic carbocycles. The SMILES string of the molecule is O=Nc1c(O)cc(S(=O)(=O)O)c2c(S(=O)(=O)O)cccc12.[NaH]. The van der Waals surface area contributed by atoms with Crippen molar-refractivity contribution in [1.29, 1.82) is 0 Å². The van der Waals surface area contributed by atoms with Gasteiger partial charge in [0.25, 0.3) is 20.2 Å².